The maximum atomic E-state index is 13.2. The maximum Gasteiger partial charge on any atom is 0.322 e. The lowest BCUT2D eigenvalue weighted by Gasteiger charge is -2.46. The molecule has 0 aliphatic carbocycles. The first-order chi connectivity index (χ1) is 22.5. The molecule has 0 bridgehead atoms. The first-order valence-electron chi connectivity index (χ1n) is 16.0. The van der Waals surface area contributed by atoms with E-state index in [1.807, 2.05) is 135 Å². The van der Waals surface area contributed by atoms with Gasteiger partial charge in [-0.2, -0.15) is 0 Å². The molecule has 1 aliphatic rings. The molecule has 0 aromatic heterocycles. The fourth-order valence-corrected chi connectivity index (χ4v) is 5.95. The molecule has 242 valence electrons. The van der Waals surface area contributed by atoms with Crippen LogP contribution in [-0.2, 0) is 48.3 Å². The molecule has 1 saturated heterocycles. The Morgan fingerprint density at radius 1 is 0.674 bits per heavy atom. The summed E-state index contributed by atoms with van der Waals surface area (Å²) in [6, 6.07) is 39.5. The summed E-state index contributed by atoms with van der Waals surface area (Å²) in [7, 11) is 1.41. The second-order valence-corrected chi connectivity index (χ2v) is 11.8. The monoisotopic (exact) mass is 623 g/mol. The molecule has 4 aromatic rings. The van der Waals surface area contributed by atoms with Gasteiger partial charge in [-0.15, -0.1) is 0 Å². The van der Waals surface area contributed by atoms with Gasteiger partial charge in [0.1, 0.15) is 24.4 Å². The van der Waals surface area contributed by atoms with E-state index in [0.29, 0.717) is 26.2 Å². The van der Waals surface area contributed by atoms with Crippen LogP contribution < -0.4 is 5.32 Å². The molecule has 46 heavy (non-hydrogen) atoms. The normalized spacial score (nSPS) is 22.5. The number of ether oxygens (including phenoxy) is 5. The molecule has 1 aliphatic heterocycles. The van der Waals surface area contributed by atoms with Crippen LogP contribution in [0.5, 0.6) is 0 Å². The van der Waals surface area contributed by atoms with Crippen molar-refractivity contribution < 1.29 is 28.5 Å². The Bertz CT molecular complexity index is 1440. The van der Waals surface area contributed by atoms with E-state index in [0.717, 1.165) is 22.3 Å². The number of hydrogen-bond acceptors (Lipinski definition) is 7. The molecule has 5 rings (SSSR count). The van der Waals surface area contributed by atoms with Crippen LogP contribution in [-0.4, -0.2) is 49.6 Å². The van der Waals surface area contributed by atoms with Gasteiger partial charge in [0.15, 0.2) is 0 Å². The number of carbonyl (C=O) groups is 1. The van der Waals surface area contributed by atoms with Crippen molar-refractivity contribution in [2.75, 3.05) is 7.11 Å². The largest absolute Gasteiger partial charge is 0.468 e. The SMILES string of the molecule is COC(=O)[C@H](C[C@@H]1O[C@@H](C)[C@@H](OCc2ccccc2)[C@@H](OCc2ccccc2)[C@@H]1OCc1ccccc1)N[C@@H](C)c1ccccc1. The minimum Gasteiger partial charge on any atom is -0.468 e. The van der Waals surface area contributed by atoms with Crippen molar-refractivity contribution in [1.82, 2.24) is 5.32 Å². The van der Waals surface area contributed by atoms with E-state index < -0.39 is 30.5 Å². The summed E-state index contributed by atoms with van der Waals surface area (Å²) in [6.07, 6.45) is -1.95. The van der Waals surface area contributed by atoms with Gasteiger partial charge in [0.05, 0.1) is 39.1 Å². The third kappa shape index (κ3) is 9.34. The summed E-state index contributed by atoms with van der Waals surface area (Å²) in [4.78, 5) is 13.2. The first kappa shape index (κ1) is 33.5. The summed E-state index contributed by atoms with van der Waals surface area (Å²) < 4.78 is 32.0. The van der Waals surface area contributed by atoms with Gasteiger partial charge in [-0.05, 0) is 36.1 Å². The molecule has 1 heterocycles. The van der Waals surface area contributed by atoms with Crippen LogP contribution in [0, 0.1) is 0 Å². The van der Waals surface area contributed by atoms with Crippen LogP contribution in [0.15, 0.2) is 121 Å². The van der Waals surface area contributed by atoms with Crippen molar-refractivity contribution in [3.05, 3.63) is 144 Å². The van der Waals surface area contributed by atoms with Gasteiger partial charge in [0.2, 0.25) is 0 Å². The third-order valence-corrected chi connectivity index (χ3v) is 8.43. The highest BCUT2D eigenvalue weighted by molar-refractivity contribution is 5.75. The summed E-state index contributed by atoms with van der Waals surface area (Å²) >= 11 is 0. The van der Waals surface area contributed by atoms with Crippen LogP contribution in [0.1, 0.15) is 48.6 Å². The summed E-state index contributed by atoms with van der Waals surface area (Å²) in [6.45, 7) is 5.18. The van der Waals surface area contributed by atoms with Crippen LogP contribution in [0.3, 0.4) is 0 Å². The van der Waals surface area contributed by atoms with Gasteiger partial charge in [-0.1, -0.05) is 121 Å². The van der Waals surface area contributed by atoms with Crippen LogP contribution >= 0.6 is 0 Å². The molecular formula is C39H45NO6. The predicted octanol–water partition coefficient (Wildman–Crippen LogP) is 6.81. The first-order valence-corrected chi connectivity index (χ1v) is 16.0. The van der Waals surface area contributed by atoms with Crippen molar-refractivity contribution in [2.45, 2.75) is 82.7 Å². The molecule has 0 saturated carbocycles. The standard InChI is InChI=1S/C39H45NO6/c1-28(33-22-14-7-15-23-33)40-34(39(41)42-3)24-35-37(44-26-31-18-10-5-11-19-31)38(45-27-32-20-12-6-13-21-32)36(29(2)46-35)43-25-30-16-8-4-9-17-30/h4-23,28-29,34-38,40H,24-27H2,1-3H3/t28-,29-,34-,35-,36+,37+,38+/m0/s1. The Hall–Kier alpha value is -3.85. The van der Waals surface area contributed by atoms with E-state index in [2.05, 4.69) is 5.32 Å². The Balaban J connectivity index is 1.43. The average molecular weight is 624 g/mol. The number of esters is 1. The molecule has 0 amide bonds. The van der Waals surface area contributed by atoms with Gasteiger partial charge in [-0.3, -0.25) is 10.1 Å². The Kier molecular flexibility index (Phi) is 12.5. The number of carbonyl (C=O) groups excluding carboxylic acids is 1. The zero-order valence-corrected chi connectivity index (χ0v) is 26.9. The Labute approximate surface area is 272 Å². The van der Waals surface area contributed by atoms with Crippen LogP contribution in [0.4, 0.5) is 0 Å². The molecule has 7 atom stereocenters. The van der Waals surface area contributed by atoms with E-state index in [9.17, 15) is 4.79 Å². The minimum absolute atomic E-state index is 0.0953. The van der Waals surface area contributed by atoms with Gasteiger partial charge in [0, 0.05) is 12.5 Å². The van der Waals surface area contributed by atoms with Crippen molar-refractivity contribution in [3.8, 4) is 0 Å². The highest BCUT2D eigenvalue weighted by atomic mass is 16.6. The predicted molar refractivity (Wildman–Crippen MR) is 178 cm³/mol. The minimum atomic E-state index is -0.642. The van der Waals surface area contributed by atoms with Crippen LogP contribution in [0.25, 0.3) is 0 Å². The highest BCUT2D eigenvalue weighted by Crippen LogP contribution is 2.33. The fourth-order valence-electron chi connectivity index (χ4n) is 5.95. The molecular weight excluding hydrogens is 578 g/mol. The number of hydrogen-bond donors (Lipinski definition) is 1. The summed E-state index contributed by atoms with van der Waals surface area (Å²) in [5, 5.41) is 3.49. The number of benzene rings is 4. The van der Waals surface area contributed by atoms with Crippen molar-refractivity contribution >= 4 is 5.97 Å². The zero-order chi connectivity index (χ0) is 32.1. The summed E-state index contributed by atoms with van der Waals surface area (Å²) in [5.41, 5.74) is 4.21. The van der Waals surface area contributed by atoms with Crippen molar-refractivity contribution in [2.24, 2.45) is 0 Å². The lowest BCUT2D eigenvalue weighted by molar-refractivity contribution is -0.263. The second-order valence-electron chi connectivity index (χ2n) is 11.8. The molecule has 1 N–H and O–H groups in total. The molecule has 7 heteroatoms. The number of rotatable bonds is 15. The smallest absolute Gasteiger partial charge is 0.322 e. The lowest BCUT2D eigenvalue weighted by Crippen LogP contribution is -2.60. The molecule has 1 fully saturated rings. The topological polar surface area (TPSA) is 75.3 Å². The molecule has 4 aromatic carbocycles. The molecule has 7 nitrogen and oxygen atoms in total. The highest BCUT2D eigenvalue weighted by Gasteiger charge is 2.48. The van der Waals surface area contributed by atoms with Crippen molar-refractivity contribution in [3.63, 3.8) is 0 Å². The van der Waals surface area contributed by atoms with Crippen molar-refractivity contribution in [1.29, 1.82) is 0 Å². The lowest BCUT2D eigenvalue weighted by atomic mass is 9.90. The van der Waals surface area contributed by atoms with Crippen LogP contribution in [0.2, 0.25) is 0 Å². The van der Waals surface area contributed by atoms with E-state index in [-0.39, 0.29) is 18.1 Å². The van der Waals surface area contributed by atoms with E-state index in [1.165, 1.54) is 7.11 Å². The van der Waals surface area contributed by atoms with Gasteiger partial charge < -0.3 is 23.7 Å². The van der Waals surface area contributed by atoms with Gasteiger partial charge in [0.25, 0.3) is 0 Å². The maximum absolute atomic E-state index is 13.2. The fraction of sp³-hybridized carbons (Fsp3) is 0.359. The van der Waals surface area contributed by atoms with E-state index in [4.69, 9.17) is 23.7 Å². The number of nitrogens with one attached hydrogen (secondary N) is 1. The average Bonchev–Trinajstić information content (AvgIpc) is 3.10. The third-order valence-electron chi connectivity index (χ3n) is 8.43. The zero-order valence-electron chi connectivity index (χ0n) is 26.9. The Morgan fingerprint density at radius 3 is 1.59 bits per heavy atom. The molecule has 0 radical (unpaired) electrons. The Morgan fingerprint density at radius 2 is 1.11 bits per heavy atom. The van der Waals surface area contributed by atoms with E-state index >= 15 is 0 Å². The van der Waals surface area contributed by atoms with E-state index in [1.54, 1.807) is 0 Å². The second kappa shape index (κ2) is 17.2. The van der Waals surface area contributed by atoms with Gasteiger partial charge in [-0.25, -0.2) is 0 Å². The quantitative estimate of drug-likeness (QED) is 0.146. The molecule has 0 spiro atoms. The molecule has 0 unspecified atom stereocenters. The summed E-state index contributed by atoms with van der Waals surface area (Å²) in [5.74, 6) is -0.356. The van der Waals surface area contributed by atoms with Gasteiger partial charge >= 0.3 is 5.97 Å². The number of methoxy groups -OCH3 is 1.